The van der Waals surface area contributed by atoms with E-state index in [1.807, 2.05) is 0 Å². The third-order valence-corrected chi connectivity index (χ3v) is 3.29. The maximum absolute atomic E-state index is 12.0. The molecule has 0 bridgehead atoms. The van der Waals surface area contributed by atoms with Crippen LogP contribution in [0.5, 0.6) is 0 Å². The first kappa shape index (κ1) is 16.2. The number of rotatable bonds is 3. The van der Waals surface area contributed by atoms with Crippen LogP contribution >= 0.6 is 0 Å². The summed E-state index contributed by atoms with van der Waals surface area (Å²) >= 11 is 0. The van der Waals surface area contributed by atoms with Crippen molar-refractivity contribution in [2.75, 3.05) is 19.4 Å². The summed E-state index contributed by atoms with van der Waals surface area (Å²) in [7, 11) is -3.49. The van der Waals surface area contributed by atoms with Crippen LogP contribution in [0.4, 0.5) is 4.79 Å². The highest BCUT2D eigenvalue weighted by Crippen LogP contribution is 2.21. The van der Waals surface area contributed by atoms with Crippen LogP contribution in [0.3, 0.4) is 0 Å². The average Bonchev–Trinajstić information content (AvgIpc) is 2.23. The van der Waals surface area contributed by atoms with Gasteiger partial charge in [0.2, 0.25) is 0 Å². The molecule has 0 aromatic heterocycles. The van der Waals surface area contributed by atoms with Crippen LogP contribution in [0.25, 0.3) is 0 Å². The van der Waals surface area contributed by atoms with Gasteiger partial charge in [-0.1, -0.05) is 0 Å². The van der Waals surface area contributed by atoms with E-state index < -0.39 is 21.8 Å². The molecule has 19 heavy (non-hydrogen) atoms. The Balaban J connectivity index is 2.64. The predicted octanol–water partition coefficient (Wildman–Crippen LogP) is 1.75. The number of carbonyl (C=O) groups excluding carboxylic acids is 1. The highest BCUT2D eigenvalue weighted by molar-refractivity contribution is 7.85. The van der Waals surface area contributed by atoms with Gasteiger partial charge in [0, 0.05) is 6.54 Å². The lowest BCUT2D eigenvalue weighted by Crippen LogP contribution is -2.48. The molecule has 6 nitrogen and oxygen atoms in total. The molecular formula is C12H23NO5S. The topological polar surface area (TPSA) is 72.9 Å². The zero-order valence-corrected chi connectivity index (χ0v) is 12.8. The van der Waals surface area contributed by atoms with Gasteiger partial charge >= 0.3 is 6.09 Å². The van der Waals surface area contributed by atoms with Crippen molar-refractivity contribution in [1.82, 2.24) is 4.90 Å². The fraction of sp³-hybridized carbons (Fsp3) is 0.917. The van der Waals surface area contributed by atoms with E-state index in [1.54, 1.807) is 25.7 Å². The summed E-state index contributed by atoms with van der Waals surface area (Å²) in [5.74, 6) is 0. The highest BCUT2D eigenvalue weighted by atomic mass is 32.2. The van der Waals surface area contributed by atoms with E-state index in [0.29, 0.717) is 6.54 Å². The molecule has 1 aliphatic heterocycles. The van der Waals surface area contributed by atoms with E-state index in [-0.39, 0.29) is 12.6 Å². The Hall–Kier alpha value is -0.820. The molecule has 0 spiro atoms. The van der Waals surface area contributed by atoms with Crippen molar-refractivity contribution >= 4 is 16.2 Å². The summed E-state index contributed by atoms with van der Waals surface area (Å²) in [5.41, 5.74) is -0.559. The summed E-state index contributed by atoms with van der Waals surface area (Å²) in [6, 6.07) is -0.238. The summed E-state index contributed by atoms with van der Waals surface area (Å²) in [4.78, 5) is 13.6. The van der Waals surface area contributed by atoms with Gasteiger partial charge in [-0.3, -0.25) is 4.18 Å². The molecule has 1 saturated heterocycles. The SMILES string of the molecule is CC(C)(C)OC(=O)N1CCCCC1COS(C)(=O)=O. The summed E-state index contributed by atoms with van der Waals surface area (Å²) in [6.45, 7) is 5.98. The second-order valence-corrected chi connectivity index (χ2v) is 7.46. The van der Waals surface area contributed by atoms with E-state index in [1.165, 1.54) is 0 Å². The van der Waals surface area contributed by atoms with Crippen molar-refractivity contribution in [3.05, 3.63) is 0 Å². The normalized spacial score (nSPS) is 21.3. The quantitative estimate of drug-likeness (QED) is 0.741. The van der Waals surface area contributed by atoms with Crippen molar-refractivity contribution in [2.45, 2.75) is 51.7 Å². The number of hydrogen-bond acceptors (Lipinski definition) is 5. The number of hydrogen-bond donors (Lipinski definition) is 0. The minimum absolute atomic E-state index is 0.00191. The molecule has 0 radical (unpaired) electrons. The molecule has 0 aliphatic carbocycles. The average molecular weight is 293 g/mol. The molecule has 1 fully saturated rings. The van der Waals surface area contributed by atoms with Crippen LogP contribution in [0.1, 0.15) is 40.0 Å². The van der Waals surface area contributed by atoms with Gasteiger partial charge < -0.3 is 9.64 Å². The van der Waals surface area contributed by atoms with Crippen LogP contribution < -0.4 is 0 Å². The van der Waals surface area contributed by atoms with Crippen LogP contribution in [0, 0.1) is 0 Å². The zero-order valence-electron chi connectivity index (χ0n) is 12.0. The fourth-order valence-electron chi connectivity index (χ4n) is 1.94. The first-order chi connectivity index (χ1) is 8.58. The zero-order chi connectivity index (χ0) is 14.7. The summed E-state index contributed by atoms with van der Waals surface area (Å²) in [5, 5.41) is 0. The standard InChI is InChI=1S/C12H23NO5S/c1-12(2,3)18-11(14)13-8-6-5-7-10(13)9-17-19(4,15)16/h10H,5-9H2,1-4H3. The van der Waals surface area contributed by atoms with Gasteiger partial charge in [-0.25, -0.2) is 4.79 Å². The third-order valence-electron chi connectivity index (χ3n) is 2.73. The fourth-order valence-corrected chi connectivity index (χ4v) is 2.34. The molecule has 1 aliphatic rings. The molecule has 0 saturated carbocycles. The number of carbonyl (C=O) groups is 1. The van der Waals surface area contributed by atoms with E-state index in [4.69, 9.17) is 8.92 Å². The molecule has 1 rings (SSSR count). The van der Waals surface area contributed by atoms with Crippen LogP contribution in [0.2, 0.25) is 0 Å². The van der Waals surface area contributed by atoms with Gasteiger partial charge in [0.05, 0.1) is 18.9 Å². The molecule has 0 N–H and O–H groups in total. The number of amides is 1. The maximum atomic E-state index is 12.0. The number of nitrogens with zero attached hydrogens (tertiary/aromatic N) is 1. The van der Waals surface area contributed by atoms with E-state index in [0.717, 1.165) is 25.5 Å². The molecule has 1 heterocycles. The van der Waals surface area contributed by atoms with Crippen molar-refractivity contribution in [3.63, 3.8) is 0 Å². The van der Waals surface area contributed by atoms with Crippen LogP contribution in [-0.2, 0) is 19.0 Å². The molecule has 1 unspecified atom stereocenters. The second-order valence-electron chi connectivity index (χ2n) is 5.81. The Bertz CT molecular complexity index is 412. The highest BCUT2D eigenvalue weighted by Gasteiger charge is 2.31. The minimum atomic E-state index is -3.49. The molecule has 112 valence electrons. The lowest BCUT2D eigenvalue weighted by molar-refractivity contribution is 0.00393. The molecule has 0 aromatic carbocycles. The van der Waals surface area contributed by atoms with Crippen molar-refractivity contribution in [1.29, 1.82) is 0 Å². The Morgan fingerprint density at radius 3 is 2.47 bits per heavy atom. The van der Waals surface area contributed by atoms with Crippen molar-refractivity contribution in [2.24, 2.45) is 0 Å². The van der Waals surface area contributed by atoms with E-state index in [2.05, 4.69) is 0 Å². The monoisotopic (exact) mass is 293 g/mol. The largest absolute Gasteiger partial charge is 0.444 e. The first-order valence-electron chi connectivity index (χ1n) is 6.42. The summed E-state index contributed by atoms with van der Waals surface area (Å²) in [6.07, 6.45) is 3.18. The van der Waals surface area contributed by atoms with Gasteiger partial charge in [-0.05, 0) is 40.0 Å². The first-order valence-corrected chi connectivity index (χ1v) is 8.24. The van der Waals surface area contributed by atoms with Gasteiger partial charge in [-0.15, -0.1) is 0 Å². The molecule has 7 heteroatoms. The maximum Gasteiger partial charge on any atom is 0.410 e. The van der Waals surface area contributed by atoms with E-state index >= 15 is 0 Å². The number of ether oxygens (including phenoxy) is 1. The Morgan fingerprint density at radius 1 is 1.32 bits per heavy atom. The van der Waals surface area contributed by atoms with E-state index in [9.17, 15) is 13.2 Å². The lowest BCUT2D eigenvalue weighted by Gasteiger charge is -2.36. The minimum Gasteiger partial charge on any atom is -0.444 e. The van der Waals surface area contributed by atoms with Gasteiger partial charge in [0.15, 0.2) is 0 Å². The van der Waals surface area contributed by atoms with Gasteiger partial charge in [-0.2, -0.15) is 8.42 Å². The smallest absolute Gasteiger partial charge is 0.410 e. The second kappa shape index (κ2) is 6.09. The number of piperidine rings is 1. The molecular weight excluding hydrogens is 270 g/mol. The van der Waals surface area contributed by atoms with Crippen molar-refractivity contribution in [3.8, 4) is 0 Å². The van der Waals surface area contributed by atoms with Crippen molar-refractivity contribution < 1.29 is 22.1 Å². The molecule has 1 amide bonds. The Kier molecular flexibility index (Phi) is 5.20. The summed E-state index contributed by atoms with van der Waals surface area (Å²) < 4.78 is 32.2. The molecule has 0 aromatic rings. The Morgan fingerprint density at radius 2 is 1.95 bits per heavy atom. The van der Waals surface area contributed by atoms with Crippen LogP contribution in [0.15, 0.2) is 0 Å². The third kappa shape index (κ3) is 6.24. The van der Waals surface area contributed by atoms with Gasteiger partial charge in [0.25, 0.3) is 10.1 Å². The lowest BCUT2D eigenvalue weighted by atomic mass is 10.0. The van der Waals surface area contributed by atoms with Gasteiger partial charge in [0.1, 0.15) is 5.60 Å². The van der Waals surface area contributed by atoms with Crippen LogP contribution in [-0.4, -0.2) is 50.5 Å². The number of likely N-dealkylation sites (tertiary alicyclic amines) is 1. The Labute approximate surface area is 115 Å². The molecule has 1 atom stereocenters. The predicted molar refractivity (Wildman–Crippen MR) is 71.4 cm³/mol.